The minimum Gasteiger partial charge on any atom is -0.207 e. The zero-order valence-electron chi connectivity index (χ0n) is 8.93. The molecule has 94 valence electrons. The van der Waals surface area contributed by atoms with Crippen LogP contribution in [0.25, 0.3) is 0 Å². The highest BCUT2D eigenvalue weighted by Gasteiger charge is 2.18. The third-order valence-corrected chi connectivity index (χ3v) is 4.93. The van der Waals surface area contributed by atoms with Crippen molar-refractivity contribution in [2.24, 2.45) is 0 Å². The van der Waals surface area contributed by atoms with Gasteiger partial charge in [0.25, 0.3) is 0 Å². The number of alkyl halides is 1. The van der Waals surface area contributed by atoms with Crippen molar-refractivity contribution in [3.63, 3.8) is 0 Å². The van der Waals surface area contributed by atoms with Crippen LogP contribution in [0.4, 0.5) is 8.78 Å². The van der Waals surface area contributed by atoms with Gasteiger partial charge in [-0.25, -0.2) is 8.78 Å². The lowest BCUT2D eigenvalue weighted by molar-refractivity contribution is 0.574. The van der Waals surface area contributed by atoms with Crippen LogP contribution in [-0.2, 0) is 0 Å². The molecule has 5 heteroatoms. The van der Waals surface area contributed by atoms with Crippen molar-refractivity contribution in [2.75, 3.05) is 0 Å². The van der Waals surface area contributed by atoms with E-state index in [2.05, 4.69) is 54.5 Å². The lowest BCUT2D eigenvalue weighted by Gasteiger charge is -2.14. The van der Waals surface area contributed by atoms with Crippen molar-refractivity contribution < 1.29 is 8.78 Å². The van der Waals surface area contributed by atoms with Crippen molar-refractivity contribution in [1.82, 2.24) is 0 Å². The minimum absolute atomic E-state index is 0.303. The summed E-state index contributed by atoms with van der Waals surface area (Å²) in [6.45, 7) is 0. The Morgan fingerprint density at radius 2 is 1.72 bits per heavy atom. The molecule has 0 fully saturated rings. The number of hydrogen-bond acceptors (Lipinski definition) is 0. The molecule has 0 aliphatic carbocycles. The topological polar surface area (TPSA) is 0 Å². The number of benzene rings is 2. The highest BCUT2D eigenvalue weighted by Crippen LogP contribution is 2.36. The normalized spacial score (nSPS) is 12.5. The number of hydrogen-bond donors (Lipinski definition) is 0. The third kappa shape index (κ3) is 3.11. The van der Waals surface area contributed by atoms with Crippen LogP contribution in [-0.4, -0.2) is 0 Å². The van der Waals surface area contributed by atoms with Crippen LogP contribution < -0.4 is 0 Å². The van der Waals surface area contributed by atoms with E-state index in [-0.39, 0.29) is 4.83 Å². The molecule has 0 nitrogen and oxygen atoms in total. The van der Waals surface area contributed by atoms with Crippen LogP contribution in [0, 0.1) is 15.2 Å². The largest absolute Gasteiger partial charge is 0.207 e. The second kappa shape index (κ2) is 5.96. The van der Waals surface area contributed by atoms with Gasteiger partial charge in [0.05, 0.1) is 4.83 Å². The maximum absolute atomic E-state index is 13.7. The van der Waals surface area contributed by atoms with Crippen LogP contribution in [0.15, 0.2) is 40.9 Å². The molecule has 1 atom stereocenters. The average molecular weight is 488 g/mol. The molecule has 1 unspecified atom stereocenters. The van der Waals surface area contributed by atoms with Gasteiger partial charge in [-0.2, -0.15) is 0 Å². The summed E-state index contributed by atoms with van der Waals surface area (Å²) in [7, 11) is 0. The third-order valence-electron chi connectivity index (χ3n) is 2.47. The van der Waals surface area contributed by atoms with Gasteiger partial charge in [-0.1, -0.05) is 37.9 Å². The molecule has 0 saturated carbocycles. The lowest BCUT2D eigenvalue weighted by atomic mass is 10.0. The Kier molecular flexibility index (Phi) is 4.77. The van der Waals surface area contributed by atoms with Crippen molar-refractivity contribution in [2.45, 2.75) is 4.83 Å². The Morgan fingerprint density at radius 1 is 1.00 bits per heavy atom. The smallest absolute Gasteiger partial charge is 0.130 e. The summed E-state index contributed by atoms with van der Waals surface area (Å²) in [4.78, 5) is -0.303. The first-order chi connectivity index (χ1) is 8.49. The predicted molar refractivity (Wildman–Crippen MR) is 84.0 cm³/mol. The summed E-state index contributed by atoms with van der Waals surface area (Å²) in [5.74, 6) is -1.12. The van der Waals surface area contributed by atoms with Gasteiger partial charge in [-0.15, -0.1) is 0 Å². The fourth-order valence-electron chi connectivity index (χ4n) is 1.58. The van der Waals surface area contributed by atoms with Crippen LogP contribution in [0.2, 0.25) is 0 Å². The Hall–Kier alpha value is -0.0100. The maximum atomic E-state index is 13.7. The first-order valence-electron chi connectivity index (χ1n) is 5.03. The van der Waals surface area contributed by atoms with Gasteiger partial charge in [0.2, 0.25) is 0 Å². The summed E-state index contributed by atoms with van der Waals surface area (Å²) in [5, 5.41) is 0. The number of rotatable bonds is 2. The summed E-state index contributed by atoms with van der Waals surface area (Å²) in [5.41, 5.74) is 1.36. The molecule has 18 heavy (non-hydrogen) atoms. The standard InChI is InChI=1S/C13H7Br2F2I/c14-7-1-4-12(18)10(5-7)13(15)9-3-2-8(16)6-11(9)17/h1-6,13H. The molecule has 0 bridgehead atoms. The van der Waals surface area contributed by atoms with Gasteiger partial charge < -0.3 is 0 Å². The highest BCUT2D eigenvalue weighted by atomic mass is 127. The van der Waals surface area contributed by atoms with Gasteiger partial charge in [0.1, 0.15) is 11.6 Å². The second-order valence-electron chi connectivity index (χ2n) is 3.69. The molecule has 2 rings (SSSR count). The van der Waals surface area contributed by atoms with E-state index in [9.17, 15) is 8.78 Å². The van der Waals surface area contributed by atoms with E-state index in [0.717, 1.165) is 19.7 Å². The van der Waals surface area contributed by atoms with E-state index in [4.69, 9.17) is 0 Å². The fourth-order valence-corrected chi connectivity index (χ4v) is 3.79. The molecular weight excluding hydrogens is 481 g/mol. The molecular formula is C13H7Br2F2I. The molecule has 0 spiro atoms. The Labute approximate surface area is 134 Å². The first-order valence-corrected chi connectivity index (χ1v) is 7.81. The quantitative estimate of drug-likeness (QED) is 0.370. The fraction of sp³-hybridized carbons (Fsp3) is 0.0769. The minimum atomic E-state index is -0.570. The first kappa shape index (κ1) is 14.4. The van der Waals surface area contributed by atoms with E-state index < -0.39 is 11.6 Å². The van der Waals surface area contributed by atoms with Crippen LogP contribution in [0.3, 0.4) is 0 Å². The molecule has 2 aromatic carbocycles. The monoisotopic (exact) mass is 486 g/mol. The van der Waals surface area contributed by atoms with Gasteiger partial charge in [0.15, 0.2) is 0 Å². The van der Waals surface area contributed by atoms with Crippen molar-refractivity contribution in [1.29, 1.82) is 0 Å². The van der Waals surface area contributed by atoms with Crippen LogP contribution >= 0.6 is 54.5 Å². The van der Waals surface area contributed by atoms with Gasteiger partial charge in [-0.05, 0) is 52.4 Å². The molecule has 2 aromatic rings. The Bertz CT molecular complexity index is 587. The van der Waals surface area contributed by atoms with E-state index in [1.165, 1.54) is 12.1 Å². The molecule has 0 aliphatic heterocycles. The van der Waals surface area contributed by atoms with E-state index in [1.807, 2.05) is 18.2 Å². The van der Waals surface area contributed by atoms with E-state index >= 15 is 0 Å². The van der Waals surface area contributed by atoms with Gasteiger partial charge in [0, 0.05) is 19.7 Å². The van der Waals surface area contributed by atoms with Crippen LogP contribution in [0.1, 0.15) is 16.0 Å². The van der Waals surface area contributed by atoms with Crippen molar-refractivity contribution in [3.05, 3.63) is 67.2 Å². The summed E-state index contributed by atoms with van der Waals surface area (Å²) < 4.78 is 28.6. The van der Waals surface area contributed by atoms with Crippen molar-refractivity contribution >= 4 is 54.5 Å². The SMILES string of the molecule is Fc1ccc(C(Br)c2cc(Br)ccc2I)c(F)c1. The summed E-state index contributed by atoms with van der Waals surface area (Å²) >= 11 is 9.05. The Morgan fingerprint density at radius 3 is 2.39 bits per heavy atom. The molecule has 0 N–H and O–H groups in total. The lowest BCUT2D eigenvalue weighted by Crippen LogP contribution is -1.99. The molecule has 0 aromatic heterocycles. The Balaban J connectivity index is 2.47. The molecule has 0 saturated heterocycles. The second-order valence-corrected chi connectivity index (χ2v) is 6.69. The van der Waals surface area contributed by atoms with Crippen molar-refractivity contribution in [3.8, 4) is 0 Å². The van der Waals surface area contributed by atoms with Gasteiger partial charge >= 0.3 is 0 Å². The predicted octanol–water partition coefficient (Wildman–Crippen LogP) is 5.82. The van der Waals surface area contributed by atoms with E-state index in [1.54, 1.807) is 0 Å². The molecule has 0 radical (unpaired) electrons. The molecule has 0 aliphatic rings. The van der Waals surface area contributed by atoms with Crippen LogP contribution in [0.5, 0.6) is 0 Å². The van der Waals surface area contributed by atoms with Gasteiger partial charge in [-0.3, -0.25) is 0 Å². The molecule has 0 heterocycles. The molecule has 0 amide bonds. The number of halogens is 5. The van der Waals surface area contributed by atoms with E-state index in [0.29, 0.717) is 5.56 Å². The zero-order chi connectivity index (χ0) is 13.3. The highest BCUT2D eigenvalue weighted by molar-refractivity contribution is 14.1. The average Bonchev–Trinajstić information content (AvgIpc) is 2.31. The zero-order valence-corrected chi connectivity index (χ0v) is 14.3. The summed E-state index contributed by atoms with van der Waals surface area (Å²) in [6, 6.07) is 9.40. The summed E-state index contributed by atoms with van der Waals surface area (Å²) in [6.07, 6.45) is 0. The maximum Gasteiger partial charge on any atom is 0.130 e.